The van der Waals surface area contributed by atoms with Crippen LogP contribution in [0.4, 0.5) is 26.3 Å². The fourth-order valence-corrected chi connectivity index (χ4v) is 5.67. The molecule has 2 aromatic rings. The molecule has 1 aliphatic carbocycles. The first kappa shape index (κ1) is 26.1. The molecule has 0 spiro atoms. The molecule has 0 bridgehead atoms. The minimum Gasteiger partial charge on any atom is -0.404 e. The Labute approximate surface area is 196 Å². The van der Waals surface area contributed by atoms with Crippen LogP contribution in [0.25, 0.3) is 0 Å². The maximum absolute atomic E-state index is 12.9. The number of carbonyl (C=O) groups is 1. The molecule has 1 amide bonds. The number of rotatable bonds is 5. The first-order chi connectivity index (χ1) is 15.7. The molecule has 5 nitrogen and oxygen atoms in total. The van der Waals surface area contributed by atoms with Crippen molar-refractivity contribution in [2.75, 3.05) is 0 Å². The summed E-state index contributed by atoms with van der Waals surface area (Å²) in [6.07, 6.45) is -9.07. The van der Waals surface area contributed by atoms with Crippen molar-refractivity contribution in [1.29, 1.82) is 0 Å². The van der Waals surface area contributed by atoms with E-state index < -0.39 is 55.8 Å². The maximum atomic E-state index is 12.9. The number of halogens is 7. The normalized spacial score (nSPS) is 19.5. The Morgan fingerprint density at radius 3 is 2.21 bits per heavy atom. The lowest BCUT2D eigenvalue weighted by atomic mass is 9.94. The molecule has 1 fully saturated rings. The van der Waals surface area contributed by atoms with E-state index in [-0.39, 0.29) is 36.3 Å². The average Bonchev–Trinajstić information content (AvgIpc) is 2.74. The smallest absolute Gasteiger partial charge is 0.404 e. The van der Waals surface area contributed by atoms with Gasteiger partial charge in [0, 0.05) is 11.6 Å². The number of nitrogens with one attached hydrogen (secondary N) is 1. The highest BCUT2D eigenvalue weighted by Crippen LogP contribution is 2.34. The summed E-state index contributed by atoms with van der Waals surface area (Å²) in [5.74, 6) is -1.44. The zero-order valence-corrected chi connectivity index (χ0v) is 18.8. The molecular weight excluding hydrogens is 512 g/mol. The Balaban J connectivity index is 1.64. The molecule has 1 N–H and O–H groups in total. The second kappa shape index (κ2) is 9.65. The lowest BCUT2D eigenvalue weighted by molar-refractivity contribution is -0.274. The Kier molecular flexibility index (Phi) is 7.42. The Bertz CT molecular complexity index is 1160. The van der Waals surface area contributed by atoms with Crippen molar-refractivity contribution in [2.24, 2.45) is 0 Å². The number of hydrogen-bond donors (Lipinski definition) is 1. The summed E-state index contributed by atoms with van der Waals surface area (Å²) in [4.78, 5) is 12.0. The molecule has 13 heteroatoms. The van der Waals surface area contributed by atoms with Gasteiger partial charge in [-0.25, -0.2) is 8.42 Å². The summed E-state index contributed by atoms with van der Waals surface area (Å²) in [6.45, 7) is 0. The fraction of sp³-hybridized carbons (Fsp3) is 0.381. The van der Waals surface area contributed by atoms with Crippen molar-refractivity contribution in [3.8, 4) is 5.75 Å². The predicted molar refractivity (Wildman–Crippen MR) is 110 cm³/mol. The van der Waals surface area contributed by atoms with Gasteiger partial charge < -0.3 is 10.1 Å². The second-order valence-corrected chi connectivity index (χ2v) is 10.3. The number of alkyl halides is 6. The van der Waals surface area contributed by atoms with Crippen molar-refractivity contribution in [3.05, 3.63) is 58.6 Å². The van der Waals surface area contributed by atoms with Crippen LogP contribution in [0.5, 0.6) is 5.75 Å². The fourth-order valence-electron chi connectivity index (χ4n) is 3.68. The lowest BCUT2D eigenvalue weighted by Gasteiger charge is -2.29. The molecule has 0 aromatic heterocycles. The standard InChI is InChI=1S/C21H18ClF6NO4S/c22-17-9-4-12(10-18(17)33-21(26,27)28)19(30)29-14-5-7-15(8-6-14)34(31,32)16-3-1-2-13(11-16)20(23,24)25/h1-4,9-11,14-15H,5-8H2,(H,29,30). The van der Waals surface area contributed by atoms with Crippen LogP contribution < -0.4 is 10.1 Å². The molecule has 0 saturated heterocycles. The van der Waals surface area contributed by atoms with Gasteiger partial charge in [0.25, 0.3) is 5.91 Å². The summed E-state index contributed by atoms with van der Waals surface area (Å²) in [6, 6.07) is 6.19. The van der Waals surface area contributed by atoms with Crippen LogP contribution in [0.15, 0.2) is 47.4 Å². The minimum atomic E-state index is -5.00. The Morgan fingerprint density at radius 1 is 0.971 bits per heavy atom. The van der Waals surface area contributed by atoms with Gasteiger partial charge in [0.15, 0.2) is 9.84 Å². The van der Waals surface area contributed by atoms with Gasteiger partial charge in [-0.05, 0) is 62.1 Å². The number of benzene rings is 2. The molecule has 0 atom stereocenters. The molecule has 1 saturated carbocycles. The van der Waals surface area contributed by atoms with E-state index in [2.05, 4.69) is 10.1 Å². The summed E-state index contributed by atoms with van der Waals surface area (Å²) >= 11 is 5.67. The molecule has 186 valence electrons. The van der Waals surface area contributed by atoms with Crippen LogP contribution in [-0.2, 0) is 16.0 Å². The van der Waals surface area contributed by atoms with Crippen LogP contribution in [0, 0.1) is 0 Å². The highest BCUT2D eigenvalue weighted by molar-refractivity contribution is 7.92. The van der Waals surface area contributed by atoms with Crippen molar-refractivity contribution < 1.29 is 44.3 Å². The topological polar surface area (TPSA) is 72.5 Å². The molecule has 3 rings (SSSR count). The van der Waals surface area contributed by atoms with E-state index in [1.165, 1.54) is 6.07 Å². The first-order valence-corrected chi connectivity index (χ1v) is 11.9. The number of sulfone groups is 1. The van der Waals surface area contributed by atoms with E-state index in [0.29, 0.717) is 6.07 Å². The minimum absolute atomic E-state index is 0.0899. The van der Waals surface area contributed by atoms with E-state index in [9.17, 15) is 39.6 Å². The van der Waals surface area contributed by atoms with Crippen molar-refractivity contribution in [2.45, 2.75) is 54.4 Å². The zero-order valence-electron chi connectivity index (χ0n) is 17.2. The highest BCUT2D eigenvalue weighted by Gasteiger charge is 2.36. The molecule has 0 radical (unpaired) electrons. The Morgan fingerprint density at radius 2 is 1.62 bits per heavy atom. The van der Waals surface area contributed by atoms with Crippen molar-refractivity contribution >= 4 is 27.3 Å². The highest BCUT2D eigenvalue weighted by atomic mass is 35.5. The van der Waals surface area contributed by atoms with Crippen LogP contribution in [0.2, 0.25) is 5.02 Å². The molecule has 0 heterocycles. The summed E-state index contributed by atoms with van der Waals surface area (Å²) in [5.41, 5.74) is -1.20. The molecule has 2 aromatic carbocycles. The van der Waals surface area contributed by atoms with Gasteiger partial charge in [-0.15, -0.1) is 13.2 Å². The van der Waals surface area contributed by atoms with E-state index >= 15 is 0 Å². The average molecular weight is 530 g/mol. The molecular formula is C21H18ClF6NO4S. The van der Waals surface area contributed by atoms with Gasteiger partial charge in [0.1, 0.15) is 5.75 Å². The third-order valence-electron chi connectivity index (χ3n) is 5.36. The third kappa shape index (κ3) is 6.35. The quantitative estimate of drug-likeness (QED) is 0.499. The predicted octanol–water partition coefficient (Wildman–Crippen LogP) is 5.77. The van der Waals surface area contributed by atoms with E-state index in [0.717, 1.165) is 30.3 Å². The molecule has 1 aliphatic rings. The van der Waals surface area contributed by atoms with E-state index in [1.807, 2.05) is 0 Å². The largest absolute Gasteiger partial charge is 0.573 e. The van der Waals surface area contributed by atoms with Crippen LogP contribution in [-0.4, -0.2) is 32.0 Å². The summed E-state index contributed by atoms with van der Waals surface area (Å²) < 4.78 is 106. The molecule has 34 heavy (non-hydrogen) atoms. The third-order valence-corrected chi connectivity index (χ3v) is 7.93. The Hall–Kier alpha value is -2.47. The molecule has 0 aliphatic heterocycles. The number of carbonyl (C=O) groups excluding carboxylic acids is 1. The van der Waals surface area contributed by atoms with E-state index in [4.69, 9.17) is 11.6 Å². The van der Waals surface area contributed by atoms with Crippen LogP contribution >= 0.6 is 11.6 Å². The number of amides is 1. The van der Waals surface area contributed by atoms with Crippen molar-refractivity contribution in [3.63, 3.8) is 0 Å². The number of ether oxygens (including phenoxy) is 1. The van der Waals surface area contributed by atoms with Gasteiger partial charge in [-0.2, -0.15) is 13.2 Å². The van der Waals surface area contributed by atoms with Gasteiger partial charge in [-0.3, -0.25) is 4.79 Å². The lowest BCUT2D eigenvalue weighted by Crippen LogP contribution is -2.40. The van der Waals surface area contributed by atoms with Gasteiger partial charge in [-0.1, -0.05) is 17.7 Å². The number of hydrogen-bond acceptors (Lipinski definition) is 4. The van der Waals surface area contributed by atoms with Crippen LogP contribution in [0.3, 0.4) is 0 Å². The molecule has 0 unspecified atom stereocenters. The van der Waals surface area contributed by atoms with Crippen LogP contribution in [0.1, 0.15) is 41.6 Å². The first-order valence-electron chi connectivity index (χ1n) is 9.94. The van der Waals surface area contributed by atoms with Gasteiger partial charge >= 0.3 is 12.5 Å². The summed E-state index contributed by atoms with van der Waals surface area (Å²) in [5, 5.41) is 1.36. The summed E-state index contributed by atoms with van der Waals surface area (Å²) in [7, 11) is -4.03. The second-order valence-electron chi connectivity index (χ2n) is 7.71. The zero-order chi connectivity index (χ0) is 25.3. The maximum Gasteiger partial charge on any atom is 0.573 e. The van der Waals surface area contributed by atoms with Gasteiger partial charge in [0.2, 0.25) is 0 Å². The van der Waals surface area contributed by atoms with Gasteiger partial charge in [0.05, 0.1) is 20.7 Å². The van der Waals surface area contributed by atoms with E-state index in [1.54, 1.807) is 0 Å². The monoisotopic (exact) mass is 529 g/mol. The van der Waals surface area contributed by atoms with Crippen molar-refractivity contribution in [1.82, 2.24) is 5.32 Å². The SMILES string of the molecule is O=C(NC1CCC(S(=O)(=O)c2cccc(C(F)(F)F)c2)CC1)c1ccc(Cl)c(OC(F)(F)F)c1.